The number of rotatable bonds is 4. The van der Waals surface area contributed by atoms with Gasteiger partial charge in [-0.25, -0.2) is 0 Å². The van der Waals surface area contributed by atoms with Gasteiger partial charge in [-0.2, -0.15) is 0 Å². The fourth-order valence-corrected chi connectivity index (χ4v) is 7.53. The summed E-state index contributed by atoms with van der Waals surface area (Å²) in [4.78, 5) is 40.0. The Hall–Kier alpha value is -3.79. The predicted octanol–water partition coefficient (Wildman–Crippen LogP) is 1.35. The Labute approximate surface area is 224 Å². The van der Waals surface area contributed by atoms with E-state index >= 15 is 0 Å². The molecule has 0 N–H and O–H groups in total. The van der Waals surface area contributed by atoms with Crippen LogP contribution in [0.25, 0.3) is 0 Å². The molecule has 1 fully saturated rings. The molecule has 6 rings (SSSR count). The minimum atomic E-state index is -0.954. The fraction of sp³-hybridized carbons (Fsp3) is 0.296. The number of ether oxygens (including phenoxy) is 4. The molecule has 10 nitrogen and oxygen atoms in total. The molecular formula is C27H25N3O7Se. The Balaban J connectivity index is 1.55. The molecule has 2 atom stereocenters. The fourth-order valence-electron chi connectivity index (χ4n) is 5.23. The Morgan fingerprint density at radius 2 is 1.87 bits per heavy atom. The van der Waals surface area contributed by atoms with Crippen LogP contribution < -0.4 is 19.6 Å². The first-order chi connectivity index (χ1) is 18.6. The van der Waals surface area contributed by atoms with Gasteiger partial charge in [0, 0.05) is 0 Å². The minimum absolute atomic E-state index is 0.0776. The van der Waals surface area contributed by atoms with E-state index in [1.165, 1.54) is 23.2 Å². The standard InChI is InChI=1S/C27H25N3O7Se/c1-34-27(33)37-16-36-25-20(31)10-11-29-24(25)26(32)28-12-13-35-14-22(28)30(29)23-18-7-3-2-6-17(18)15-38-21-9-5-4-8-19(21)23/h2-11,22-23H,12-16H2,1H3/t22-,23+/m1/s1. The van der Waals surface area contributed by atoms with E-state index < -0.39 is 24.5 Å². The van der Waals surface area contributed by atoms with Crippen molar-refractivity contribution in [1.29, 1.82) is 0 Å². The summed E-state index contributed by atoms with van der Waals surface area (Å²) in [5, 5.41) is 3.06. The number of carbonyl (C=O) groups is 2. The molecule has 11 heteroatoms. The molecule has 0 bridgehead atoms. The van der Waals surface area contributed by atoms with Crippen LogP contribution >= 0.6 is 0 Å². The first-order valence-electron chi connectivity index (χ1n) is 12.1. The molecule has 1 saturated heterocycles. The van der Waals surface area contributed by atoms with E-state index in [4.69, 9.17) is 14.2 Å². The van der Waals surface area contributed by atoms with Crippen molar-refractivity contribution in [1.82, 2.24) is 9.58 Å². The quantitative estimate of drug-likeness (QED) is 0.259. The van der Waals surface area contributed by atoms with Crippen LogP contribution in [0.5, 0.6) is 5.75 Å². The van der Waals surface area contributed by atoms with Crippen molar-refractivity contribution in [2.45, 2.75) is 17.5 Å². The van der Waals surface area contributed by atoms with Gasteiger partial charge in [-0.1, -0.05) is 0 Å². The number of morpholine rings is 1. The van der Waals surface area contributed by atoms with E-state index in [-0.39, 0.29) is 38.3 Å². The molecule has 3 aliphatic rings. The maximum absolute atomic E-state index is 13.8. The van der Waals surface area contributed by atoms with Crippen LogP contribution in [0.3, 0.4) is 0 Å². The average Bonchev–Trinajstić information content (AvgIpc) is 3.11. The van der Waals surface area contributed by atoms with Crippen LogP contribution in [0.15, 0.2) is 65.6 Å². The molecular weight excluding hydrogens is 557 g/mol. The van der Waals surface area contributed by atoms with Crippen LogP contribution in [0.1, 0.15) is 33.2 Å². The molecule has 38 heavy (non-hydrogen) atoms. The summed E-state index contributed by atoms with van der Waals surface area (Å²) in [6.07, 6.45) is 0.239. The Kier molecular flexibility index (Phi) is 6.57. The summed E-state index contributed by atoms with van der Waals surface area (Å²) >= 11 is 0.224. The van der Waals surface area contributed by atoms with Crippen LogP contribution in [0, 0.1) is 0 Å². The molecule has 0 radical (unpaired) electrons. The van der Waals surface area contributed by atoms with E-state index in [0.29, 0.717) is 19.8 Å². The molecule has 2 aromatic carbocycles. The van der Waals surface area contributed by atoms with Crippen molar-refractivity contribution in [2.75, 3.05) is 38.7 Å². The van der Waals surface area contributed by atoms with Gasteiger partial charge in [0.05, 0.1) is 7.11 Å². The summed E-state index contributed by atoms with van der Waals surface area (Å²) in [6, 6.07) is 17.9. The van der Waals surface area contributed by atoms with Gasteiger partial charge in [0.2, 0.25) is 0 Å². The van der Waals surface area contributed by atoms with Crippen molar-refractivity contribution in [3.05, 3.63) is 93.4 Å². The van der Waals surface area contributed by atoms with Crippen molar-refractivity contribution in [3.63, 3.8) is 0 Å². The second kappa shape index (κ2) is 10.2. The Morgan fingerprint density at radius 3 is 2.71 bits per heavy atom. The number of nitrogens with zero attached hydrogens (tertiary/aromatic N) is 3. The van der Waals surface area contributed by atoms with Crippen LogP contribution in [0.2, 0.25) is 0 Å². The third-order valence-electron chi connectivity index (χ3n) is 6.91. The predicted molar refractivity (Wildman–Crippen MR) is 137 cm³/mol. The second-order valence-electron chi connectivity index (χ2n) is 8.92. The number of hydrogen-bond donors (Lipinski definition) is 0. The summed E-state index contributed by atoms with van der Waals surface area (Å²) in [5.41, 5.74) is 3.13. The van der Waals surface area contributed by atoms with E-state index in [1.807, 2.05) is 12.1 Å². The van der Waals surface area contributed by atoms with Gasteiger partial charge in [-0.3, -0.25) is 0 Å². The molecule has 0 saturated carbocycles. The summed E-state index contributed by atoms with van der Waals surface area (Å²) in [5.74, 6) is -0.532. The zero-order valence-corrected chi connectivity index (χ0v) is 22.3. The van der Waals surface area contributed by atoms with E-state index in [9.17, 15) is 14.4 Å². The van der Waals surface area contributed by atoms with Gasteiger partial charge in [0.25, 0.3) is 0 Å². The van der Waals surface area contributed by atoms with Gasteiger partial charge in [-0.05, 0) is 0 Å². The SMILES string of the molecule is COC(=O)OCOc1c2n(ccc1=O)N([C@H]1c3ccccc3C[Se]c3ccccc31)[C@@H]1COCCN1C2=O. The number of amides is 1. The molecule has 0 spiro atoms. The van der Waals surface area contributed by atoms with Gasteiger partial charge < -0.3 is 0 Å². The Bertz CT molecular complexity index is 1410. The Morgan fingerprint density at radius 1 is 1.08 bits per heavy atom. The van der Waals surface area contributed by atoms with Gasteiger partial charge in [-0.15, -0.1) is 0 Å². The van der Waals surface area contributed by atoms with Crippen LogP contribution in [0.4, 0.5) is 4.79 Å². The number of benzene rings is 2. The molecule has 196 valence electrons. The zero-order chi connectivity index (χ0) is 26.2. The first-order valence-corrected chi connectivity index (χ1v) is 14.2. The van der Waals surface area contributed by atoms with Crippen LogP contribution in [-0.4, -0.2) is 76.4 Å². The van der Waals surface area contributed by atoms with Gasteiger partial charge in [0.1, 0.15) is 0 Å². The van der Waals surface area contributed by atoms with E-state index in [2.05, 4.69) is 46.1 Å². The summed E-state index contributed by atoms with van der Waals surface area (Å²) in [7, 11) is 1.17. The molecule has 0 unspecified atom stereocenters. The molecule has 3 aromatic rings. The van der Waals surface area contributed by atoms with E-state index in [0.717, 1.165) is 16.4 Å². The maximum atomic E-state index is 13.8. The molecule has 1 amide bonds. The number of hydrogen-bond acceptors (Lipinski definition) is 8. The van der Waals surface area contributed by atoms with Crippen LogP contribution in [-0.2, 0) is 19.5 Å². The number of methoxy groups -OCH3 is 1. The molecule has 0 aliphatic carbocycles. The molecule has 3 aliphatic heterocycles. The van der Waals surface area contributed by atoms with Crippen molar-refractivity contribution in [2.24, 2.45) is 0 Å². The number of carbonyl (C=O) groups excluding carboxylic acids is 2. The third-order valence-corrected chi connectivity index (χ3v) is 9.30. The molecule has 4 heterocycles. The normalized spacial score (nSPS) is 19.9. The van der Waals surface area contributed by atoms with Gasteiger partial charge >= 0.3 is 218 Å². The monoisotopic (exact) mass is 583 g/mol. The average molecular weight is 582 g/mol. The number of pyridine rings is 1. The van der Waals surface area contributed by atoms with Gasteiger partial charge in [0.15, 0.2) is 0 Å². The zero-order valence-electron chi connectivity index (χ0n) is 20.6. The van der Waals surface area contributed by atoms with Crippen molar-refractivity contribution >= 4 is 31.5 Å². The number of fused-ring (bicyclic) bond motifs is 4. The van der Waals surface area contributed by atoms with Crippen molar-refractivity contribution in [3.8, 4) is 5.75 Å². The van der Waals surface area contributed by atoms with E-state index in [1.54, 1.807) is 15.8 Å². The first kappa shape index (κ1) is 24.5. The topological polar surface area (TPSA) is 99.5 Å². The third kappa shape index (κ3) is 4.13. The summed E-state index contributed by atoms with van der Waals surface area (Å²) in [6.45, 7) is 0.484. The molecule has 1 aromatic heterocycles. The van der Waals surface area contributed by atoms with Crippen molar-refractivity contribution < 1.29 is 28.5 Å². The number of aromatic nitrogens is 1. The summed E-state index contributed by atoms with van der Waals surface area (Å²) < 4.78 is 23.8. The second-order valence-corrected chi connectivity index (χ2v) is 11.1.